The molecule has 0 aliphatic heterocycles. The van der Waals surface area contributed by atoms with Gasteiger partial charge in [0.25, 0.3) is 0 Å². The minimum absolute atomic E-state index is 0.0631. The number of thioether (sulfide) groups is 1. The summed E-state index contributed by atoms with van der Waals surface area (Å²) in [6.07, 6.45) is 5.51. The Labute approximate surface area is 187 Å². The summed E-state index contributed by atoms with van der Waals surface area (Å²) in [4.78, 5) is 12.4. The first kappa shape index (κ1) is 21.4. The maximum absolute atomic E-state index is 12.4. The molecule has 0 atom stereocenters. The normalized spacial score (nSPS) is 14.4. The molecule has 0 saturated heterocycles. The quantitative estimate of drug-likeness (QED) is 0.366. The van der Waals surface area contributed by atoms with Crippen LogP contribution in [0.4, 0.5) is 0 Å². The number of carbonyl (C=O) groups is 1. The van der Waals surface area contributed by atoms with Crippen molar-refractivity contribution in [1.82, 2.24) is 14.8 Å². The molecule has 31 heavy (non-hydrogen) atoms. The van der Waals surface area contributed by atoms with Crippen LogP contribution in [0.25, 0.3) is 11.4 Å². The third kappa shape index (κ3) is 5.47. The molecule has 0 amide bonds. The first-order valence-corrected chi connectivity index (χ1v) is 11.7. The van der Waals surface area contributed by atoms with Crippen molar-refractivity contribution >= 4 is 17.7 Å². The van der Waals surface area contributed by atoms with Gasteiger partial charge in [-0.1, -0.05) is 60.6 Å². The number of esters is 1. The number of aromatic nitrogens is 3. The predicted molar refractivity (Wildman–Crippen MR) is 121 cm³/mol. The van der Waals surface area contributed by atoms with Crippen LogP contribution in [0.1, 0.15) is 37.7 Å². The molecular weight excluding hydrogens is 410 g/mol. The molecule has 4 rings (SSSR count). The first-order chi connectivity index (χ1) is 15.2. The van der Waals surface area contributed by atoms with Crippen molar-refractivity contribution in [3.8, 4) is 17.1 Å². The number of benzene rings is 2. The molecule has 0 N–H and O–H groups in total. The summed E-state index contributed by atoms with van der Waals surface area (Å²) in [6.45, 7) is 0.598. The molecule has 7 heteroatoms. The van der Waals surface area contributed by atoms with Crippen LogP contribution in [0.5, 0.6) is 5.75 Å². The second kappa shape index (κ2) is 10.5. The van der Waals surface area contributed by atoms with Crippen LogP contribution in [0.2, 0.25) is 0 Å². The van der Waals surface area contributed by atoms with Gasteiger partial charge in [0.15, 0.2) is 11.0 Å². The van der Waals surface area contributed by atoms with Crippen LogP contribution in [0, 0.1) is 0 Å². The molecule has 1 aliphatic carbocycles. The van der Waals surface area contributed by atoms with Crippen LogP contribution < -0.4 is 4.74 Å². The first-order valence-electron chi connectivity index (χ1n) is 10.7. The summed E-state index contributed by atoms with van der Waals surface area (Å²) < 4.78 is 13.2. The number of rotatable bonds is 8. The third-order valence-corrected chi connectivity index (χ3v) is 6.36. The van der Waals surface area contributed by atoms with E-state index in [1.807, 2.05) is 47.0 Å². The van der Waals surface area contributed by atoms with Crippen molar-refractivity contribution < 1.29 is 14.3 Å². The van der Waals surface area contributed by atoms with Crippen LogP contribution in [-0.2, 0) is 16.1 Å². The van der Waals surface area contributed by atoms with Crippen molar-refractivity contribution in [1.29, 1.82) is 0 Å². The van der Waals surface area contributed by atoms with Crippen molar-refractivity contribution in [2.75, 3.05) is 12.9 Å². The Balaban J connectivity index is 1.55. The van der Waals surface area contributed by atoms with Crippen LogP contribution >= 0.6 is 11.8 Å². The Bertz CT molecular complexity index is 1000. The van der Waals surface area contributed by atoms with E-state index in [0.717, 1.165) is 42.6 Å². The van der Waals surface area contributed by atoms with E-state index in [0.29, 0.717) is 17.5 Å². The fraction of sp³-hybridized carbons (Fsp3) is 0.375. The summed E-state index contributed by atoms with van der Waals surface area (Å²) in [5, 5.41) is 9.53. The largest absolute Gasteiger partial charge is 0.496 e. The summed E-state index contributed by atoms with van der Waals surface area (Å²) in [5.41, 5.74) is 2.00. The van der Waals surface area contributed by atoms with Gasteiger partial charge in [0, 0.05) is 0 Å². The molecule has 1 saturated carbocycles. The molecule has 0 bridgehead atoms. The Morgan fingerprint density at radius 1 is 1.03 bits per heavy atom. The van der Waals surface area contributed by atoms with Crippen LogP contribution in [0.15, 0.2) is 59.8 Å². The minimum atomic E-state index is -0.190. The maximum Gasteiger partial charge on any atom is 0.316 e. The topological polar surface area (TPSA) is 66.2 Å². The monoisotopic (exact) mass is 437 g/mol. The molecule has 162 valence electrons. The van der Waals surface area contributed by atoms with Gasteiger partial charge in [-0.25, -0.2) is 0 Å². The number of hydrogen-bond acceptors (Lipinski definition) is 6. The van der Waals surface area contributed by atoms with E-state index in [2.05, 4.69) is 22.3 Å². The fourth-order valence-electron chi connectivity index (χ4n) is 3.86. The van der Waals surface area contributed by atoms with E-state index in [-0.39, 0.29) is 17.8 Å². The highest BCUT2D eigenvalue weighted by Gasteiger charge is 2.21. The average molecular weight is 438 g/mol. The molecule has 1 heterocycles. The number of nitrogens with zero attached hydrogens (tertiary/aromatic N) is 3. The van der Waals surface area contributed by atoms with E-state index in [4.69, 9.17) is 9.47 Å². The lowest BCUT2D eigenvalue weighted by atomic mass is 9.98. The number of carbonyl (C=O) groups excluding carboxylic acids is 1. The predicted octanol–water partition coefficient (Wildman–Crippen LogP) is 4.97. The molecule has 0 spiro atoms. The van der Waals surface area contributed by atoms with Crippen LogP contribution in [-0.4, -0.2) is 39.7 Å². The summed E-state index contributed by atoms with van der Waals surface area (Å²) in [5.74, 6) is 1.47. The molecule has 0 radical (unpaired) electrons. The van der Waals surface area contributed by atoms with Gasteiger partial charge >= 0.3 is 5.97 Å². The van der Waals surface area contributed by atoms with E-state index >= 15 is 0 Å². The second-order valence-corrected chi connectivity index (χ2v) is 8.56. The molecule has 2 aromatic carbocycles. The van der Waals surface area contributed by atoms with Gasteiger partial charge in [-0.15, -0.1) is 10.2 Å². The van der Waals surface area contributed by atoms with Crippen molar-refractivity contribution in [2.45, 2.75) is 49.9 Å². The Hall–Kier alpha value is -2.80. The van der Waals surface area contributed by atoms with Gasteiger partial charge < -0.3 is 9.47 Å². The highest BCUT2D eigenvalue weighted by Crippen LogP contribution is 2.31. The van der Waals surface area contributed by atoms with Crippen molar-refractivity contribution in [3.63, 3.8) is 0 Å². The molecule has 6 nitrogen and oxygen atoms in total. The third-order valence-electron chi connectivity index (χ3n) is 5.42. The smallest absolute Gasteiger partial charge is 0.316 e. The fourth-order valence-corrected chi connectivity index (χ4v) is 4.58. The van der Waals surface area contributed by atoms with Gasteiger partial charge in [0.05, 0.1) is 25.0 Å². The molecular formula is C24H27N3O3S. The summed E-state index contributed by atoms with van der Waals surface area (Å²) in [6, 6.07) is 17.9. The standard InChI is InChI=1S/C24H27N3O3S/c1-29-21-15-9-8-14-20(21)23-25-26-24(27(23)16-18-10-4-2-5-11-18)31-17-22(28)30-19-12-6-3-7-13-19/h2,4-5,8-11,14-15,19H,3,6-7,12-13,16-17H2,1H3. The number of ether oxygens (including phenoxy) is 2. The molecule has 1 aliphatic rings. The maximum atomic E-state index is 12.4. The van der Waals surface area contributed by atoms with E-state index in [1.165, 1.54) is 18.2 Å². The second-order valence-electron chi connectivity index (χ2n) is 7.62. The molecule has 3 aromatic rings. The highest BCUT2D eigenvalue weighted by molar-refractivity contribution is 7.99. The highest BCUT2D eigenvalue weighted by atomic mass is 32.2. The van der Waals surface area contributed by atoms with E-state index in [1.54, 1.807) is 7.11 Å². The van der Waals surface area contributed by atoms with Gasteiger partial charge in [-0.3, -0.25) is 9.36 Å². The van der Waals surface area contributed by atoms with Gasteiger partial charge in [0.1, 0.15) is 11.9 Å². The lowest BCUT2D eigenvalue weighted by molar-refractivity contribution is -0.147. The summed E-state index contributed by atoms with van der Waals surface area (Å²) in [7, 11) is 1.65. The number of hydrogen-bond donors (Lipinski definition) is 0. The number of methoxy groups -OCH3 is 1. The molecule has 1 aromatic heterocycles. The Morgan fingerprint density at radius 2 is 1.77 bits per heavy atom. The van der Waals surface area contributed by atoms with Crippen molar-refractivity contribution in [3.05, 3.63) is 60.2 Å². The lowest BCUT2D eigenvalue weighted by Crippen LogP contribution is -2.22. The lowest BCUT2D eigenvalue weighted by Gasteiger charge is -2.21. The molecule has 0 unspecified atom stereocenters. The Kier molecular flexibility index (Phi) is 7.25. The minimum Gasteiger partial charge on any atom is -0.496 e. The van der Waals surface area contributed by atoms with Crippen LogP contribution in [0.3, 0.4) is 0 Å². The zero-order valence-corrected chi connectivity index (χ0v) is 18.5. The Morgan fingerprint density at radius 3 is 2.55 bits per heavy atom. The van der Waals surface area contributed by atoms with E-state index in [9.17, 15) is 4.79 Å². The van der Waals surface area contributed by atoms with Crippen molar-refractivity contribution in [2.24, 2.45) is 0 Å². The van der Waals surface area contributed by atoms with E-state index < -0.39 is 0 Å². The van der Waals surface area contributed by atoms with Gasteiger partial charge in [0.2, 0.25) is 0 Å². The SMILES string of the molecule is COc1ccccc1-c1nnc(SCC(=O)OC2CCCCC2)n1Cc1ccccc1. The van der Waals surface area contributed by atoms with Gasteiger partial charge in [-0.05, 0) is 43.4 Å². The zero-order valence-electron chi connectivity index (χ0n) is 17.7. The summed E-state index contributed by atoms with van der Waals surface area (Å²) >= 11 is 1.37. The average Bonchev–Trinajstić information content (AvgIpc) is 3.21. The number of para-hydroxylation sites is 1. The molecule has 1 fully saturated rings. The van der Waals surface area contributed by atoms with Gasteiger partial charge in [-0.2, -0.15) is 0 Å². The zero-order chi connectivity index (χ0) is 21.5.